The van der Waals surface area contributed by atoms with Gasteiger partial charge in [-0.1, -0.05) is 82.7 Å². The molecule has 2 unspecified atom stereocenters. The lowest BCUT2D eigenvalue weighted by Crippen LogP contribution is -2.45. The molecule has 2 aliphatic heterocycles. The summed E-state index contributed by atoms with van der Waals surface area (Å²) in [5, 5.41) is 17.1. The third kappa shape index (κ3) is 8.63. The van der Waals surface area contributed by atoms with Crippen LogP contribution in [0.5, 0.6) is 0 Å². The summed E-state index contributed by atoms with van der Waals surface area (Å²) in [7, 11) is 1.66. The van der Waals surface area contributed by atoms with Gasteiger partial charge in [0.2, 0.25) is 0 Å². The average molecular weight is 1080 g/mol. The Labute approximate surface area is 433 Å². The van der Waals surface area contributed by atoms with Crippen LogP contribution >= 0.6 is 15.9 Å². The summed E-state index contributed by atoms with van der Waals surface area (Å²) in [5.74, 6) is 1.20. The fraction of sp³-hybridized carbons (Fsp3) is 0.357. The first-order chi connectivity index (χ1) is 35.3. The number of hydrogen-bond donors (Lipinski definition) is 4. The van der Waals surface area contributed by atoms with Crippen molar-refractivity contribution in [2.24, 2.45) is 32.3 Å². The van der Waals surface area contributed by atoms with Crippen LogP contribution in [-0.2, 0) is 45.7 Å². The van der Waals surface area contributed by atoms with Gasteiger partial charge in [0.15, 0.2) is 0 Å². The van der Waals surface area contributed by atoms with Crippen LogP contribution in [0, 0.1) is 10.8 Å². The molecule has 4 spiro atoms. The number of amidine groups is 2. The molecule has 0 saturated heterocycles. The molecular formula is C56H54BBrF6N6O4. The molecule has 6 aliphatic rings. The number of benzene rings is 4. The van der Waals surface area contributed by atoms with Gasteiger partial charge in [0.1, 0.15) is 22.7 Å². The normalized spacial score (nSPS) is 26.1. The number of halogens is 7. The molecule has 10 nitrogen and oxygen atoms in total. The first-order valence-corrected chi connectivity index (χ1v) is 25.4. The first kappa shape index (κ1) is 51.6. The summed E-state index contributed by atoms with van der Waals surface area (Å²) in [6.07, 6.45) is 5.62. The first-order valence-electron chi connectivity index (χ1n) is 24.6. The molecule has 0 radical (unpaired) electrons. The molecule has 0 bridgehead atoms. The molecule has 2 fully saturated rings. The molecule has 0 amide bonds. The topological polar surface area (TPSA) is 161 Å². The molecular weight excluding hydrogens is 1030 g/mol. The average Bonchev–Trinajstić information content (AvgIpc) is 4.08. The Morgan fingerprint density at radius 1 is 0.568 bits per heavy atom. The highest BCUT2D eigenvalue weighted by atomic mass is 79.9. The minimum Gasteiger partial charge on any atom is -0.423 e. The van der Waals surface area contributed by atoms with Gasteiger partial charge in [0.25, 0.3) is 0 Å². The van der Waals surface area contributed by atoms with Gasteiger partial charge in [0, 0.05) is 76.5 Å². The summed E-state index contributed by atoms with van der Waals surface area (Å²) in [4.78, 5) is 17.5. The van der Waals surface area contributed by atoms with Gasteiger partial charge < -0.3 is 31.0 Å². The predicted molar refractivity (Wildman–Crippen MR) is 275 cm³/mol. The highest BCUT2D eigenvalue weighted by Crippen LogP contribution is 2.66. The minimum absolute atomic E-state index is 0.0857. The molecule has 4 aromatic carbocycles. The number of aromatic nitrogens is 2. The Morgan fingerprint density at radius 2 is 1.03 bits per heavy atom. The Hall–Kier alpha value is -5.92. The van der Waals surface area contributed by atoms with Crippen LogP contribution in [0.15, 0.2) is 136 Å². The lowest BCUT2D eigenvalue weighted by atomic mass is 9.59. The molecule has 6 aromatic rings. The van der Waals surface area contributed by atoms with Gasteiger partial charge in [0.05, 0.1) is 23.3 Å². The quantitative estimate of drug-likeness (QED) is 0.100. The summed E-state index contributed by atoms with van der Waals surface area (Å²) in [5.41, 5.74) is 20.3. The van der Waals surface area contributed by atoms with Gasteiger partial charge >= 0.3 is 19.5 Å². The smallest absolute Gasteiger partial charge is 0.423 e. The molecule has 4 heterocycles. The van der Waals surface area contributed by atoms with Crippen LogP contribution in [-0.4, -0.2) is 65.2 Å². The number of aliphatic imine (C=N–C) groups is 2. The molecule has 12 rings (SSSR count). The third-order valence-electron chi connectivity index (χ3n) is 16.5. The summed E-state index contributed by atoms with van der Waals surface area (Å²) in [6, 6.07) is 31.1. The largest absolute Gasteiger partial charge is 0.490 e. The van der Waals surface area contributed by atoms with E-state index in [1.54, 1.807) is 7.11 Å². The van der Waals surface area contributed by atoms with Crippen LogP contribution in [0.3, 0.4) is 0 Å². The van der Waals surface area contributed by atoms with Crippen molar-refractivity contribution in [2.45, 2.75) is 99.8 Å². The van der Waals surface area contributed by atoms with Gasteiger partial charge in [-0.3, -0.25) is 20.0 Å². The number of hydrogen-bond acceptors (Lipinski definition) is 10. The van der Waals surface area contributed by atoms with Crippen molar-refractivity contribution in [1.82, 2.24) is 9.97 Å². The maximum absolute atomic E-state index is 13.4. The van der Waals surface area contributed by atoms with Crippen LogP contribution in [0.1, 0.15) is 107 Å². The number of nitrogens with two attached hydrogens (primary N) is 2. The molecule has 2 atom stereocenters. The predicted octanol–water partition coefficient (Wildman–Crippen LogP) is 10.2. The number of ether oxygens (including phenoxy) is 2. The Morgan fingerprint density at radius 3 is 1.51 bits per heavy atom. The summed E-state index contributed by atoms with van der Waals surface area (Å²) >= 11 is 3.68. The lowest BCUT2D eigenvalue weighted by Gasteiger charge is -2.47. The zero-order chi connectivity index (χ0) is 52.4. The van der Waals surface area contributed by atoms with Crippen molar-refractivity contribution in [3.05, 3.63) is 182 Å². The minimum atomic E-state index is -4.52. The second kappa shape index (κ2) is 19.3. The molecule has 384 valence electrons. The third-order valence-corrected chi connectivity index (χ3v) is 17.0. The number of alkyl halides is 6. The number of rotatable bonds is 4. The number of methoxy groups -OCH3 is 2. The molecule has 74 heavy (non-hydrogen) atoms. The van der Waals surface area contributed by atoms with Gasteiger partial charge in [-0.2, -0.15) is 26.3 Å². The van der Waals surface area contributed by atoms with Gasteiger partial charge in [-0.05, 0) is 133 Å². The van der Waals surface area contributed by atoms with Crippen molar-refractivity contribution in [1.29, 1.82) is 0 Å². The fourth-order valence-corrected chi connectivity index (χ4v) is 13.4. The van der Waals surface area contributed by atoms with Crippen molar-refractivity contribution < 1.29 is 45.9 Å². The highest BCUT2D eigenvalue weighted by Gasteiger charge is 2.63. The Bertz CT molecular complexity index is 3170. The molecule has 4 aliphatic carbocycles. The SMILES string of the molecule is COC1CCC2(CC1)Cc1ccc(-c3cncc(C(F)(F)F)c3)cc1C21N=C(N)c2ccccc21.COC1CCC2(CC1)Cc1ccc(Br)cc1C21N=C(N)c2ccccc21.OB(O)c1cncc(C(F)(F)F)c1. The van der Waals surface area contributed by atoms with E-state index in [1.165, 1.54) is 28.5 Å². The van der Waals surface area contributed by atoms with E-state index in [0.29, 0.717) is 41.2 Å². The van der Waals surface area contributed by atoms with E-state index >= 15 is 0 Å². The number of nitrogens with zero attached hydrogens (tertiary/aromatic N) is 4. The Kier molecular flexibility index (Phi) is 13.5. The maximum atomic E-state index is 13.4. The Balaban J connectivity index is 0.000000141. The molecule has 2 aromatic heterocycles. The second-order valence-corrected chi connectivity index (χ2v) is 21.2. The number of pyridine rings is 2. The lowest BCUT2D eigenvalue weighted by molar-refractivity contribution is -0.138. The zero-order valence-corrected chi connectivity index (χ0v) is 42.2. The van der Waals surface area contributed by atoms with Crippen molar-refractivity contribution in [2.75, 3.05) is 14.2 Å². The second-order valence-electron chi connectivity index (χ2n) is 20.3. The monoisotopic (exact) mass is 1080 g/mol. The van der Waals surface area contributed by atoms with Crippen LogP contribution in [0.2, 0.25) is 0 Å². The van der Waals surface area contributed by atoms with E-state index in [-0.39, 0.29) is 27.9 Å². The molecule has 6 N–H and O–H groups in total. The standard InChI is InChI=1S/C28H26F3N3O.C22H23BrN2O.C6H5BF3NO2/c1-35-21-8-10-26(11-9-21)14-18-7-6-17(19-12-20(16-33-15-19)28(29,30)31)13-24(18)27(26)23-5-3-2-4-22(23)25(32)34-27;1-26-16-8-10-21(11-9-16)13-14-6-7-15(23)12-19(14)22(21)18-5-3-2-4-17(18)20(24)25-22;8-6(9,10)4-1-5(7(12)13)3-11-2-4/h2-7,12-13,15-16,21H,8-11,14H2,1H3,(H2,32,34);2-7,12,16H,8-11,13H2,1H3,(H2,24,25);1-3,12-13H. The van der Waals surface area contributed by atoms with E-state index in [2.05, 4.69) is 80.5 Å². The van der Waals surface area contributed by atoms with E-state index in [0.717, 1.165) is 109 Å². The van der Waals surface area contributed by atoms with Crippen molar-refractivity contribution in [3.8, 4) is 11.1 Å². The fourth-order valence-electron chi connectivity index (χ4n) is 13.1. The zero-order valence-electron chi connectivity index (χ0n) is 40.7. The van der Waals surface area contributed by atoms with Crippen LogP contribution in [0.4, 0.5) is 26.3 Å². The summed E-state index contributed by atoms with van der Waals surface area (Å²) < 4.78 is 88.6. The van der Waals surface area contributed by atoms with Gasteiger partial charge in [-0.25, -0.2) is 0 Å². The summed E-state index contributed by atoms with van der Waals surface area (Å²) in [6.45, 7) is 0. The van der Waals surface area contributed by atoms with E-state index in [1.807, 2.05) is 37.4 Å². The highest BCUT2D eigenvalue weighted by molar-refractivity contribution is 9.10. The van der Waals surface area contributed by atoms with Crippen molar-refractivity contribution >= 4 is 40.2 Å². The van der Waals surface area contributed by atoms with E-state index in [9.17, 15) is 26.3 Å². The van der Waals surface area contributed by atoms with E-state index < -0.39 is 36.1 Å². The maximum Gasteiger partial charge on any atom is 0.490 e. The van der Waals surface area contributed by atoms with Gasteiger partial charge in [-0.15, -0.1) is 0 Å². The molecule has 18 heteroatoms. The number of fused-ring (bicyclic) bond motifs is 10. The molecule has 2 saturated carbocycles. The van der Waals surface area contributed by atoms with E-state index in [4.69, 9.17) is 41.0 Å². The van der Waals surface area contributed by atoms with Crippen LogP contribution < -0.4 is 16.9 Å². The van der Waals surface area contributed by atoms with Crippen LogP contribution in [0.25, 0.3) is 11.1 Å². The van der Waals surface area contributed by atoms with Crippen molar-refractivity contribution in [3.63, 3.8) is 0 Å².